The van der Waals surface area contributed by atoms with E-state index in [4.69, 9.17) is 14.0 Å². The molecule has 0 saturated carbocycles. The van der Waals surface area contributed by atoms with Crippen LogP contribution in [-0.2, 0) is 12.8 Å². The highest BCUT2D eigenvalue weighted by molar-refractivity contribution is 7.98. The number of benzene rings is 1. The fourth-order valence-corrected chi connectivity index (χ4v) is 2.85. The summed E-state index contributed by atoms with van der Waals surface area (Å²) in [5.41, 5.74) is 0.834. The third-order valence-corrected chi connectivity index (χ3v) is 4.24. The van der Waals surface area contributed by atoms with Crippen molar-refractivity contribution >= 4 is 11.8 Å². The standard InChI is InChI=1S/C14H12N4O3S/c1-18-5-4-15-14(18)22-7-12-16-13(17-21-12)9-2-3-10-11(6-9)20-8-19-10/h2-6H,7-8H2,1H3. The second-order valence-electron chi connectivity index (χ2n) is 4.69. The molecule has 0 saturated heterocycles. The van der Waals surface area contributed by atoms with E-state index in [9.17, 15) is 0 Å². The lowest BCUT2D eigenvalue weighted by molar-refractivity contribution is 0.174. The number of ether oxygens (including phenoxy) is 2. The maximum absolute atomic E-state index is 5.35. The van der Waals surface area contributed by atoms with E-state index in [2.05, 4.69) is 15.1 Å². The van der Waals surface area contributed by atoms with Gasteiger partial charge < -0.3 is 18.6 Å². The smallest absolute Gasteiger partial charge is 0.237 e. The number of imidazole rings is 1. The van der Waals surface area contributed by atoms with Crippen LogP contribution in [-0.4, -0.2) is 26.5 Å². The molecule has 7 nitrogen and oxygen atoms in total. The SMILES string of the molecule is Cn1ccnc1SCc1nc(-c2ccc3c(c2)OCO3)no1. The lowest BCUT2D eigenvalue weighted by atomic mass is 10.2. The van der Waals surface area contributed by atoms with Crippen LogP contribution in [0.4, 0.5) is 0 Å². The number of hydrogen-bond donors (Lipinski definition) is 0. The molecule has 0 radical (unpaired) electrons. The van der Waals surface area contributed by atoms with Crippen molar-refractivity contribution in [3.8, 4) is 22.9 Å². The molecule has 8 heteroatoms. The molecule has 22 heavy (non-hydrogen) atoms. The first-order valence-corrected chi connectivity index (χ1v) is 7.61. The summed E-state index contributed by atoms with van der Waals surface area (Å²) in [4.78, 5) is 8.64. The van der Waals surface area contributed by atoms with Crippen LogP contribution in [0.2, 0.25) is 0 Å². The second kappa shape index (κ2) is 5.38. The molecule has 0 aliphatic carbocycles. The van der Waals surface area contributed by atoms with Crippen molar-refractivity contribution in [2.24, 2.45) is 7.05 Å². The molecule has 0 fully saturated rings. The summed E-state index contributed by atoms with van der Waals surface area (Å²) in [6.45, 7) is 0.247. The van der Waals surface area contributed by atoms with E-state index >= 15 is 0 Å². The Morgan fingerprint density at radius 1 is 1.27 bits per heavy atom. The number of rotatable bonds is 4. The first kappa shape index (κ1) is 13.2. The Balaban J connectivity index is 1.50. The Kier molecular flexibility index (Phi) is 3.23. The average molecular weight is 316 g/mol. The molecule has 0 amide bonds. The molecule has 0 N–H and O–H groups in total. The lowest BCUT2D eigenvalue weighted by Crippen LogP contribution is -1.92. The number of nitrogens with zero attached hydrogens (tertiary/aromatic N) is 4. The minimum atomic E-state index is 0.247. The van der Waals surface area contributed by atoms with E-state index in [1.807, 2.05) is 36.0 Å². The maximum Gasteiger partial charge on any atom is 0.237 e. The van der Waals surface area contributed by atoms with Gasteiger partial charge in [-0.1, -0.05) is 16.9 Å². The van der Waals surface area contributed by atoms with Crippen LogP contribution < -0.4 is 9.47 Å². The van der Waals surface area contributed by atoms with Crippen LogP contribution in [0.3, 0.4) is 0 Å². The molecule has 1 aliphatic heterocycles. The molecule has 3 aromatic rings. The Morgan fingerprint density at radius 3 is 3.05 bits per heavy atom. The van der Waals surface area contributed by atoms with Gasteiger partial charge in [0.1, 0.15) is 0 Å². The van der Waals surface area contributed by atoms with E-state index < -0.39 is 0 Å². The van der Waals surface area contributed by atoms with E-state index in [1.165, 1.54) is 0 Å². The fourth-order valence-electron chi connectivity index (χ4n) is 2.08. The van der Waals surface area contributed by atoms with Crippen LogP contribution in [0.15, 0.2) is 40.3 Å². The van der Waals surface area contributed by atoms with Crippen molar-refractivity contribution < 1.29 is 14.0 Å². The predicted octanol–water partition coefficient (Wildman–Crippen LogP) is 2.49. The number of thioether (sulfide) groups is 1. The zero-order valence-electron chi connectivity index (χ0n) is 11.7. The Morgan fingerprint density at radius 2 is 2.18 bits per heavy atom. The van der Waals surface area contributed by atoms with E-state index in [0.29, 0.717) is 23.2 Å². The molecule has 3 heterocycles. The van der Waals surface area contributed by atoms with Crippen molar-refractivity contribution in [1.82, 2.24) is 19.7 Å². The summed E-state index contributed by atoms with van der Waals surface area (Å²) in [6.07, 6.45) is 3.66. The summed E-state index contributed by atoms with van der Waals surface area (Å²) in [5, 5.41) is 4.92. The molecular weight excluding hydrogens is 304 g/mol. The first-order valence-electron chi connectivity index (χ1n) is 6.62. The fraction of sp³-hybridized carbons (Fsp3) is 0.214. The van der Waals surface area contributed by atoms with Crippen LogP contribution in [0.5, 0.6) is 11.5 Å². The van der Waals surface area contributed by atoms with Crippen LogP contribution in [0.25, 0.3) is 11.4 Å². The highest BCUT2D eigenvalue weighted by Crippen LogP contribution is 2.35. The van der Waals surface area contributed by atoms with Gasteiger partial charge in [0.25, 0.3) is 0 Å². The van der Waals surface area contributed by atoms with Crippen molar-refractivity contribution in [3.05, 3.63) is 36.5 Å². The van der Waals surface area contributed by atoms with Crippen molar-refractivity contribution in [2.45, 2.75) is 10.9 Å². The monoisotopic (exact) mass is 316 g/mol. The van der Waals surface area contributed by atoms with Crippen molar-refractivity contribution in [3.63, 3.8) is 0 Å². The third kappa shape index (κ3) is 2.41. The zero-order chi connectivity index (χ0) is 14.9. The van der Waals surface area contributed by atoms with Gasteiger partial charge >= 0.3 is 0 Å². The van der Waals surface area contributed by atoms with Crippen LogP contribution in [0.1, 0.15) is 5.89 Å². The maximum atomic E-state index is 5.35. The van der Waals surface area contributed by atoms with E-state index in [0.717, 1.165) is 16.5 Å². The summed E-state index contributed by atoms with van der Waals surface area (Å²) in [6, 6.07) is 5.58. The minimum absolute atomic E-state index is 0.247. The lowest BCUT2D eigenvalue weighted by Gasteiger charge is -1.98. The van der Waals surface area contributed by atoms with Gasteiger partial charge in [0, 0.05) is 25.0 Å². The van der Waals surface area contributed by atoms with E-state index in [-0.39, 0.29) is 6.79 Å². The minimum Gasteiger partial charge on any atom is -0.454 e. The number of aryl methyl sites for hydroxylation is 1. The zero-order valence-corrected chi connectivity index (χ0v) is 12.5. The Labute approximate surface area is 130 Å². The van der Waals surface area contributed by atoms with Crippen LogP contribution >= 0.6 is 11.8 Å². The quantitative estimate of drug-likeness (QED) is 0.684. The Bertz CT molecular complexity index is 814. The highest BCUT2D eigenvalue weighted by atomic mass is 32.2. The van der Waals surface area contributed by atoms with Gasteiger partial charge in [-0.3, -0.25) is 0 Å². The molecule has 0 spiro atoms. The normalized spacial score (nSPS) is 12.8. The molecule has 4 rings (SSSR count). The third-order valence-electron chi connectivity index (χ3n) is 3.20. The molecular formula is C14H12N4O3S. The largest absolute Gasteiger partial charge is 0.454 e. The van der Waals surface area contributed by atoms with Gasteiger partial charge in [-0.05, 0) is 18.2 Å². The summed E-state index contributed by atoms with van der Waals surface area (Å²) in [5.74, 6) is 3.10. The van der Waals surface area contributed by atoms with Gasteiger partial charge in [-0.25, -0.2) is 4.98 Å². The topological polar surface area (TPSA) is 75.2 Å². The van der Waals surface area contributed by atoms with Crippen molar-refractivity contribution in [2.75, 3.05) is 6.79 Å². The summed E-state index contributed by atoms with van der Waals surface area (Å²) < 4.78 is 17.9. The summed E-state index contributed by atoms with van der Waals surface area (Å²) >= 11 is 1.55. The number of fused-ring (bicyclic) bond motifs is 1. The average Bonchev–Trinajstić information content (AvgIpc) is 3.25. The Hall–Kier alpha value is -2.48. The molecule has 0 unspecified atom stereocenters. The van der Waals surface area contributed by atoms with Gasteiger partial charge in [-0.15, -0.1) is 0 Å². The molecule has 2 aromatic heterocycles. The number of aromatic nitrogens is 4. The predicted molar refractivity (Wildman–Crippen MR) is 78.6 cm³/mol. The molecule has 0 bridgehead atoms. The molecule has 0 atom stereocenters. The van der Waals surface area contributed by atoms with Crippen molar-refractivity contribution in [1.29, 1.82) is 0 Å². The van der Waals surface area contributed by atoms with Gasteiger partial charge in [0.15, 0.2) is 16.7 Å². The summed E-state index contributed by atoms with van der Waals surface area (Å²) in [7, 11) is 1.95. The first-order chi connectivity index (χ1) is 10.8. The molecule has 1 aliphatic rings. The van der Waals surface area contributed by atoms with Gasteiger partial charge in [0.05, 0.1) is 5.75 Å². The molecule has 112 valence electrons. The van der Waals surface area contributed by atoms with Gasteiger partial charge in [0.2, 0.25) is 18.5 Å². The van der Waals surface area contributed by atoms with Gasteiger partial charge in [-0.2, -0.15) is 4.98 Å². The molecule has 1 aromatic carbocycles. The number of hydrogen-bond acceptors (Lipinski definition) is 7. The van der Waals surface area contributed by atoms with Crippen LogP contribution in [0, 0.1) is 0 Å². The second-order valence-corrected chi connectivity index (χ2v) is 5.63. The van der Waals surface area contributed by atoms with E-state index in [1.54, 1.807) is 18.0 Å². The highest BCUT2D eigenvalue weighted by Gasteiger charge is 2.16.